The van der Waals surface area contributed by atoms with Gasteiger partial charge in [0, 0.05) is 39.1 Å². The molecule has 21 heavy (non-hydrogen) atoms. The largest absolute Gasteiger partial charge is 0.354 e. The maximum Gasteiger partial charge on any atom is 0.158 e. The number of pyridine rings is 1. The van der Waals surface area contributed by atoms with Crippen LogP contribution in [0.15, 0.2) is 18.2 Å². The Morgan fingerprint density at radius 2 is 1.90 bits per heavy atom. The summed E-state index contributed by atoms with van der Waals surface area (Å²) in [4.78, 5) is 9.12. The van der Waals surface area contributed by atoms with Gasteiger partial charge >= 0.3 is 0 Å². The zero-order chi connectivity index (χ0) is 14.5. The summed E-state index contributed by atoms with van der Waals surface area (Å²) in [6.45, 7) is 6.75. The highest BCUT2D eigenvalue weighted by molar-refractivity contribution is 6.29. The Balaban J connectivity index is 1.42. The van der Waals surface area contributed by atoms with E-state index in [0.717, 1.165) is 64.6 Å². The van der Waals surface area contributed by atoms with E-state index >= 15 is 0 Å². The molecule has 2 fully saturated rings. The van der Waals surface area contributed by atoms with E-state index in [2.05, 4.69) is 14.8 Å². The van der Waals surface area contributed by atoms with Gasteiger partial charge in [0.25, 0.3) is 0 Å². The summed E-state index contributed by atoms with van der Waals surface area (Å²) < 4.78 is 11.2. The van der Waals surface area contributed by atoms with E-state index in [4.69, 9.17) is 21.1 Å². The van der Waals surface area contributed by atoms with Gasteiger partial charge in [-0.05, 0) is 18.6 Å². The third kappa shape index (κ3) is 4.30. The summed E-state index contributed by atoms with van der Waals surface area (Å²) in [5, 5.41) is 0.557. The number of anilines is 1. The lowest BCUT2D eigenvalue weighted by Gasteiger charge is -2.36. The van der Waals surface area contributed by atoms with Crippen LogP contribution in [0.4, 0.5) is 5.82 Å². The first kappa shape index (κ1) is 15.0. The monoisotopic (exact) mass is 311 g/mol. The molecular weight excluding hydrogens is 290 g/mol. The maximum atomic E-state index is 5.95. The molecule has 3 heterocycles. The number of hydrogen-bond acceptors (Lipinski definition) is 5. The predicted octanol–water partition coefficient (Wildman–Crippen LogP) is 2.01. The number of nitrogens with zero attached hydrogens (tertiary/aromatic N) is 3. The number of aromatic nitrogens is 1. The molecule has 0 unspecified atom stereocenters. The fourth-order valence-electron chi connectivity index (χ4n) is 2.77. The van der Waals surface area contributed by atoms with Gasteiger partial charge in [-0.15, -0.1) is 0 Å². The Kier molecular flexibility index (Phi) is 5.30. The fraction of sp³-hybridized carbons (Fsp3) is 0.667. The lowest BCUT2D eigenvalue weighted by molar-refractivity contribution is -0.182. The molecule has 1 aromatic heterocycles. The zero-order valence-electron chi connectivity index (χ0n) is 12.2. The number of halogens is 1. The van der Waals surface area contributed by atoms with Crippen LogP contribution in [0, 0.1) is 0 Å². The minimum atomic E-state index is -0.00798. The second-order valence-electron chi connectivity index (χ2n) is 5.46. The number of hydrogen-bond donors (Lipinski definition) is 0. The smallest absolute Gasteiger partial charge is 0.158 e. The van der Waals surface area contributed by atoms with Crippen LogP contribution in [0.2, 0.25) is 5.15 Å². The van der Waals surface area contributed by atoms with Crippen LogP contribution in [0.5, 0.6) is 0 Å². The van der Waals surface area contributed by atoms with Gasteiger partial charge in [0.15, 0.2) is 6.29 Å². The van der Waals surface area contributed by atoms with Gasteiger partial charge in [-0.1, -0.05) is 17.7 Å². The van der Waals surface area contributed by atoms with Crippen molar-refractivity contribution >= 4 is 17.4 Å². The average Bonchev–Trinajstić information content (AvgIpc) is 2.54. The van der Waals surface area contributed by atoms with E-state index < -0.39 is 0 Å². The van der Waals surface area contributed by atoms with E-state index in [1.54, 1.807) is 0 Å². The standard InChI is InChI=1S/C15H22ClN3O2/c16-13-3-1-4-14(17-13)19-9-7-18(8-10-19)6-5-15-20-11-2-12-21-15/h1,3-4,15H,2,5-12H2. The minimum absolute atomic E-state index is 0.00798. The second kappa shape index (κ2) is 7.40. The minimum Gasteiger partial charge on any atom is -0.354 e. The predicted molar refractivity (Wildman–Crippen MR) is 82.8 cm³/mol. The van der Waals surface area contributed by atoms with Gasteiger partial charge < -0.3 is 14.4 Å². The number of ether oxygens (including phenoxy) is 2. The van der Waals surface area contributed by atoms with Crippen molar-refractivity contribution in [1.29, 1.82) is 0 Å². The molecule has 5 nitrogen and oxygen atoms in total. The Labute approximate surface area is 130 Å². The van der Waals surface area contributed by atoms with Gasteiger partial charge in [0.1, 0.15) is 11.0 Å². The molecule has 2 aliphatic heterocycles. The summed E-state index contributed by atoms with van der Waals surface area (Å²) in [5.41, 5.74) is 0. The number of rotatable bonds is 4. The lowest BCUT2D eigenvalue weighted by atomic mass is 10.2. The van der Waals surface area contributed by atoms with E-state index in [-0.39, 0.29) is 6.29 Å². The molecule has 0 amide bonds. The molecule has 0 bridgehead atoms. The first-order valence-electron chi connectivity index (χ1n) is 7.64. The van der Waals surface area contributed by atoms with Gasteiger partial charge in [-0.2, -0.15) is 0 Å². The van der Waals surface area contributed by atoms with Crippen molar-refractivity contribution in [3.8, 4) is 0 Å². The molecular formula is C15H22ClN3O2. The SMILES string of the molecule is Clc1cccc(N2CCN(CCC3OCCCO3)CC2)n1. The molecule has 2 saturated heterocycles. The molecule has 0 aromatic carbocycles. The van der Waals surface area contributed by atoms with Crippen LogP contribution in [0.1, 0.15) is 12.8 Å². The van der Waals surface area contributed by atoms with Gasteiger partial charge in [-0.25, -0.2) is 4.98 Å². The van der Waals surface area contributed by atoms with Crippen LogP contribution < -0.4 is 4.90 Å². The fourth-order valence-corrected chi connectivity index (χ4v) is 2.92. The van der Waals surface area contributed by atoms with Gasteiger partial charge in [0.2, 0.25) is 0 Å². The highest BCUT2D eigenvalue weighted by atomic mass is 35.5. The average molecular weight is 312 g/mol. The summed E-state index contributed by atoms with van der Waals surface area (Å²) in [6.07, 6.45) is 1.96. The molecule has 0 N–H and O–H groups in total. The van der Waals surface area contributed by atoms with E-state index in [1.165, 1.54) is 0 Å². The van der Waals surface area contributed by atoms with E-state index in [0.29, 0.717) is 5.15 Å². The van der Waals surface area contributed by atoms with Crippen molar-refractivity contribution in [2.24, 2.45) is 0 Å². The van der Waals surface area contributed by atoms with Crippen LogP contribution in [-0.2, 0) is 9.47 Å². The van der Waals surface area contributed by atoms with Crippen molar-refractivity contribution in [3.05, 3.63) is 23.4 Å². The van der Waals surface area contributed by atoms with Gasteiger partial charge in [0.05, 0.1) is 13.2 Å². The van der Waals surface area contributed by atoms with Crippen molar-refractivity contribution in [2.45, 2.75) is 19.1 Å². The van der Waals surface area contributed by atoms with Crippen molar-refractivity contribution in [2.75, 3.05) is 50.8 Å². The maximum absolute atomic E-state index is 5.95. The summed E-state index contributed by atoms with van der Waals surface area (Å²) in [6, 6.07) is 5.78. The third-order valence-corrected chi connectivity index (χ3v) is 4.18. The second-order valence-corrected chi connectivity index (χ2v) is 5.85. The van der Waals surface area contributed by atoms with Gasteiger partial charge in [-0.3, -0.25) is 4.90 Å². The molecule has 2 aliphatic rings. The lowest BCUT2D eigenvalue weighted by Crippen LogP contribution is -2.47. The molecule has 0 saturated carbocycles. The first-order chi connectivity index (χ1) is 10.3. The number of piperazine rings is 1. The third-order valence-electron chi connectivity index (χ3n) is 3.97. The Morgan fingerprint density at radius 1 is 1.14 bits per heavy atom. The van der Waals surface area contributed by atoms with Crippen LogP contribution >= 0.6 is 11.6 Å². The normalized spacial score (nSPS) is 21.7. The molecule has 0 atom stereocenters. The quantitative estimate of drug-likeness (QED) is 0.795. The highest BCUT2D eigenvalue weighted by Crippen LogP contribution is 2.17. The van der Waals surface area contributed by atoms with Crippen LogP contribution in [-0.4, -0.2) is 62.1 Å². The Hall–Kier alpha value is -0.880. The molecule has 0 spiro atoms. The van der Waals surface area contributed by atoms with E-state index in [1.807, 2.05) is 18.2 Å². The summed E-state index contributed by atoms with van der Waals surface area (Å²) in [7, 11) is 0. The van der Waals surface area contributed by atoms with Crippen LogP contribution in [0.3, 0.4) is 0 Å². The highest BCUT2D eigenvalue weighted by Gasteiger charge is 2.20. The zero-order valence-corrected chi connectivity index (χ0v) is 13.0. The molecule has 1 aromatic rings. The van der Waals surface area contributed by atoms with Crippen molar-refractivity contribution in [1.82, 2.24) is 9.88 Å². The van der Waals surface area contributed by atoms with Crippen molar-refractivity contribution < 1.29 is 9.47 Å². The molecule has 3 rings (SSSR count). The molecule has 6 heteroatoms. The topological polar surface area (TPSA) is 37.8 Å². The van der Waals surface area contributed by atoms with Crippen LogP contribution in [0.25, 0.3) is 0 Å². The molecule has 0 aliphatic carbocycles. The summed E-state index contributed by atoms with van der Waals surface area (Å²) in [5.74, 6) is 0.973. The Bertz CT molecular complexity index is 446. The molecule has 116 valence electrons. The van der Waals surface area contributed by atoms with Crippen molar-refractivity contribution in [3.63, 3.8) is 0 Å². The summed E-state index contributed by atoms with van der Waals surface area (Å²) >= 11 is 5.95. The Morgan fingerprint density at radius 3 is 2.62 bits per heavy atom. The molecule has 0 radical (unpaired) electrons. The first-order valence-corrected chi connectivity index (χ1v) is 8.02. The van der Waals surface area contributed by atoms with E-state index in [9.17, 15) is 0 Å².